The number of carbonyl (C=O) groups is 2. The van der Waals surface area contributed by atoms with E-state index in [9.17, 15) is 9.59 Å². The number of benzene rings is 1. The summed E-state index contributed by atoms with van der Waals surface area (Å²) in [6.07, 6.45) is -1.68. The number of primary amides is 1. The largest absolute Gasteiger partial charge is 0.417 e. The van der Waals surface area contributed by atoms with E-state index in [-0.39, 0.29) is 6.61 Å². The first-order valence-corrected chi connectivity index (χ1v) is 5.13. The quantitative estimate of drug-likeness (QED) is 0.802. The maximum absolute atomic E-state index is 11.7. The average Bonchev–Trinajstić information content (AvgIpc) is 2.79. The number of hydrogen-bond acceptors (Lipinski definition) is 4. The van der Waals surface area contributed by atoms with Crippen LogP contribution in [0.15, 0.2) is 30.3 Å². The van der Waals surface area contributed by atoms with Gasteiger partial charge in [-0.3, -0.25) is 9.69 Å². The van der Waals surface area contributed by atoms with E-state index >= 15 is 0 Å². The van der Waals surface area contributed by atoms with Gasteiger partial charge in [-0.05, 0) is 12.1 Å². The lowest BCUT2D eigenvalue weighted by molar-refractivity contribution is -0.131. The van der Waals surface area contributed by atoms with Gasteiger partial charge in [0.1, 0.15) is 5.75 Å². The minimum Gasteiger partial charge on any atom is -0.410 e. The third-order valence-corrected chi connectivity index (χ3v) is 2.32. The highest BCUT2D eigenvalue weighted by molar-refractivity contribution is 5.84. The van der Waals surface area contributed by atoms with Crippen molar-refractivity contribution < 1.29 is 19.1 Å². The highest BCUT2D eigenvalue weighted by atomic mass is 16.6. The van der Waals surface area contributed by atoms with Gasteiger partial charge in [0, 0.05) is 0 Å². The number of para-hydroxylation sites is 1. The minimum atomic E-state index is -1.04. The molecule has 1 fully saturated rings. The highest BCUT2D eigenvalue weighted by Crippen LogP contribution is 2.15. The van der Waals surface area contributed by atoms with Crippen LogP contribution in [0.25, 0.3) is 0 Å². The predicted octanol–water partition coefficient (Wildman–Crippen LogP) is 0.329. The lowest BCUT2D eigenvalue weighted by Crippen LogP contribution is -2.45. The summed E-state index contributed by atoms with van der Waals surface area (Å²) in [4.78, 5) is 23.9. The molecule has 1 unspecified atom stereocenters. The molecule has 90 valence electrons. The van der Waals surface area contributed by atoms with Crippen LogP contribution in [0.3, 0.4) is 0 Å². The standard InChI is InChI=1S/C11H12N2O4/c12-9(14)10-13(6-7-16-10)11(15)17-8-4-2-1-3-5-8/h1-5,10H,6-7H2,(H2,12,14). The Morgan fingerprint density at radius 2 is 2.06 bits per heavy atom. The van der Waals surface area contributed by atoms with Gasteiger partial charge in [-0.25, -0.2) is 4.79 Å². The van der Waals surface area contributed by atoms with Crippen LogP contribution in [-0.4, -0.2) is 36.3 Å². The molecule has 1 aromatic rings. The van der Waals surface area contributed by atoms with Gasteiger partial charge in [0.2, 0.25) is 6.23 Å². The van der Waals surface area contributed by atoms with Crippen LogP contribution >= 0.6 is 0 Å². The van der Waals surface area contributed by atoms with Gasteiger partial charge in [0.15, 0.2) is 0 Å². The fourth-order valence-electron chi connectivity index (χ4n) is 1.54. The average molecular weight is 236 g/mol. The van der Waals surface area contributed by atoms with Gasteiger partial charge in [-0.15, -0.1) is 0 Å². The summed E-state index contributed by atoms with van der Waals surface area (Å²) >= 11 is 0. The molecule has 6 nitrogen and oxygen atoms in total. The van der Waals surface area contributed by atoms with Crippen LogP contribution in [0.4, 0.5) is 4.79 Å². The SMILES string of the molecule is NC(=O)C1OCCN1C(=O)Oc1ccccc1. The van der Waals surface area contributed by atoms with Gasteiger partial charge in [-0.2, -0.15) is 0 Å². The molecular weight excluding hydrogens is 224 g/mol. The van der Waals surface area contributed by atoms with E-state index in [0.717, 1.165) is 4.90 Å². The lowest BCUT2D eigenvalue weighted by atomic mass is 10.3. The zero-order valence-corrected chi connectivity index (χ0v) is 9.04. The van der Waals surface area contributed by atoms with E-state index in [1.165, 1.54) is 0 Å². The minimum absolute atomic E-state index is 0.275. The van der Waals surface area contributed by atoms with E-state index in [4.69, 9.17) is 15.2 Å². The van der Waals surface area contributed by atoms with Crippen LogP contribution in [0.5, 0.6) is 5.75 Å². The molecule has 2 rings (SSSR count). The molecule has 0 spiro atoms. The smallest absolute Gasteiger partial charge is 0.410 e. The molecule has 2 amide bonds. The van der Waals surface area contributed by atoms with Crippen molar-refractivity contribution in [2.24, 2.45) is 5.73 Å². The Kier molecular flexibility index (Phi) is 3.24. The Morgan fingerprint density at radius 3 is 2.71 bits per heavy atom. The van der Waals surface area contributed by atoms with Crippen molar-refractivity contribution in [3.05, 3.63) is 30.3 Å². The second-order valence-electron chi connectivity index (χ2n) is 3.50. The van der Waals surface area contributed by atoms with Gasteiger partial charge in [0.05, 0.1) is 13.2 Å². The van der Waals surface area contributed by atoms with E-state index in [1.807, 2.05) is 6.07 Å². The van der Waals surface area contributed by atoms with Gasteiger partial charge in [0.25, 0.3) is 5.91 Å². The van der Waals surface area contributed by atoms with Crippen LogP contribution in [0.2, 0.25) is 0 Å². The Bertz CT molecular complexity index is 421. The van der Waals surface area contributed by atoms with Crippen LogP contribution in [0.1, 0.15) is 0 Å². The number of amides is 2. The molecule has 1 aromatic carbocycles. The summed E-state index contributed by atoms with van der Waals surface area (Å²) in [6, 6.07) is 8.59. The van der Waals surface area contributed by atoms with Gasteiger partial charge in [-0.1, -0.05) is 18.2 Å². The Hall–Kier alpha value is -2.08. The van der Waals surface area contributed by atoms with Crippen molar-refractivity contribution >= 4 is 12.0 Å². The Balaban J connectivity index is 2.03. The summed E-state index contributed by atoms with van der Waals surface area (Å²) in [6.45, 7) is 0.566. The maximum atomic E-state index is 11.7. The molecule has 0 radical (unpaired) electrons. The van der Waals surface area contributed by atoms with Gasteiger partial charge < -0.3 is 15.2 Å². The normalized spacial score (nSPS) is 19.1. The van der Waals surface area contributed by atoms with Crippen molar-refractivity contribution in [2.45, 2.75) is 6.23 Å². The Labute approximate surface area is 97.9 Å². The predicted molar refractivity (Wildman–Crippen MR) is 58.1 cm³/mol. The summed E-state index contributed by atoms with van der Waals surface area (Å²) in [5.41, 5.74) is 5.11. The first-order chi connectivity index (χ1) is 8.18. The van der Waals surface area contributed by atoms with E-state index in [1.54, 1.807) is 24.3 Å². The molecule has 2 N–H and O–H groups in total. The fraction of sp³-hybridized carbons (Fsp3) is 0.273. The topological polar surface area (TPSA) is 81.9 Å². The third kappa shape index (κ3) is 2.54. The number of hydrogen-bond donors (Lipinski definition) is 1. The third-order valence-electron chi connectivity index (χ3n) is 2.32. The first kappa shape index (κ1) is 11.4. The van der Waals surface area contributed by atoms with Crippen molar-refractivity contribution in [3.63, 3.8) is 0 Å². The zero-order valence-electron chi connectivity index (χ0n) is 9.04. The van der Waals surface area contributed by atoms with Crippen molar-refractivity contribution in [1.29, 1.82) is 0 Å². The molecule has 0 saturated carbocycles. The van der Waals surface area contributed by atoms with Crippen LogP contribution in [-0.2, 0) is 9.53 Å². The second-order valence-corrected chi connectivity index (χ2v) is 3.50. The molecule has 1 heterocycles. The Morgan fingerprint density at radius 1 is 1.35 bits per heavy atom. The summed E-state index contributed by atoms with van der Waals surface area (Å²) in [5, 5.41) is 0. The van der Waals surface area contributed by atoms with Crippen molar-refractivity contribution in [2.75, 3.05) is 13.2 Å². The molecule has 0 bridgehead atoms. The van der Waals surface area contributed by atoms with Crippen LogP contribution in [0, 0.1) is 0 Å². The number of carbonyl (C=O) groups excluding carboxylic acids is 2. The fourth-order valence-corrected chi connectivity index (χ4v) is 1.54. The monoisotopic (exact) mass is 236 g/mol. The zero-order chi connectivity index (χ0) is 12.3. The van der Waals surface area contributed by atoms with E-state index in [2.05, 4.69) is 0 Å². The van der Waals surface area contributed by atoms with E-state index < -0.39 is 18.2 Å². The molecule has 1 aliphatic heterocycles. The molecule has 1 aliphatic rings. The molecular formula is C11H12N2O4. The lowest BCUT2D eigenvalue weighted by Gasteiger charge is -2.19. The number of rotatable bonds is 2. The number of nitrogens with two attached hydrogens (primary N) is 1. The molecule has 6 heteroatoms. The maximum Gasteiger partial charge on any atom is 0.417 e. The molecule has 17 heavy (non-hydrogen) atoms. The molecule has 0 aromatic heterocycles. The van der Waals surface area contributed by atoms with Crippen LogP contribution < -0.4 is 10.5 Å². The number of nitrogens with zero attached hydrogens (tertiary/aromatic N) is 1. The molecule has 1 saturated heterocycles. The number of ether oxygens (including phenoxy) is 2. The molecule has 1 atom stereocenters. The van der Waals surface area contributed by atoms with Gasteiger partial charge >= 0.3 is 6.09 Å². The first-order valence-electron chi connectivity index (χ1n) is 5.13. The summed E-state index contributed by atoms with van der Waals surface area (Å²) < 4.78 is 10.1. The van der Waals surface area contributed by atoms with Crippen molar-refractivity contribution in [1.82, 2.24) is 4.90 Å². The highest BCUT2D eigenvalue weighted by Gasteiger charge is 2.35. The molecule has 0 aliphatic carbocycles. The van der Waals surface area contributed by atoms with E-state index in [0.29, 0.717) is 12.3 Å². The van der Waals surface area contributed by atoms with Crippen molar-refractivity contribution in [3.8, 4) is 5.75 Å². The summed E-state index contributed by atoms with van der Waals surface area (Å²) in [5.74, 6) is -0.292. The second kappa shape index (κ2) is 4.84. The summed E-state index contributed by atoms with van der Waals surface area (Å²) in [7, 11) is 0.